The molecular weight excluding hydrogens is 192 g/mol. The second kappa shape index (κ2) is 8.68. The third kappa shape index (κ3) is 8.39. The number of nitrogens with one attached hydrogen (secondary N) is 1. The molecule has 0 aromatic carbocycles. The van der Waals surface area contributed by atoms with E-state index < -0.39 is 0 Å². The van der Waals surface area contributed by atoms with Crippen LogP contribution in [-0.4, -0.2) is 50.7 Å². The Bertz CT molecular complexity index is 174. The lowest BCUT2D eigenvalue weighted by Gasteiger charge is -2.18. The van der Waals surface area contributed by atoms with Crippen molar-refractivity contribution in [3.63, 3.8) is 0 Å². The van der Waals surface area contributed by atoms with Gasteiger partial charge in [0.05, 0.1) is 13.2 Å². The van der Waals surface area contributed by atoms with E-state index in [1.807, 2.05) is 18.9 Å². The zero-order valence-corrected chi connectivity index (χ0v) is 10.4. The summed E-state index contributed by atoms with van der Waals surface area (Å²) in [5.41, 5.74) is 0. The van der Waals surface area contributed by atoms with E-state index in [2.05, 4.69) is 12.2 Å². The number of carbonyl (C=O) groups excluding carboxylic acids is 1. The number of rotatable bonds is 8. The van der Waals surface area contributed by atoms with E-state index >= 15 is 0 Å². The Morgan fingerprint density at radius 1 is 1.53 bits per heavy atom. The Morgan fingerprint density at radius 3 is 2.73 bits per heavy atom. The van der Waals surface area contributed by atoms with Crippen molar-refractivity contribution < 1.29 is 9.53 Å². The van der Waals surface area contributed by atoms with Crippen LogP contribution in [0.1, 0.15) is 26.7 Å². The van der Waals surface area contributed by atoms with Gasteiger partial charge in [0.25, 0.3) is 0 Å². The van der Waals surface area contributed by atoms with Crippen molar-refractivity contribution >= 4 is 5.91 Å². The van der Waals surface area contributed by atoms with Crippen LogP contribution in [0.4, 0.5) is 0 Å². The first-order valence-electron chi connectivity index (χ1n) is 5.57. The van der Waals surface area contributed by atoms with E-state index in [1.54, 1.807) is 7.11 Å². The second-order valence-corrected chi connectivity index (χ2v) is 4.02. The van der Waals surface area contributed by atoms with Crippen LogP contribution in [0, 0.1) is 0 Å². The predicted molar refractivity (Wildman–Crippen MR) is 61.9 cm³/mol. The van der Waals surface area contributed by atoms with E-state index in [4.69, 9.17) is 4.74 Å². The number of hydrogen-bond donors (Lipinski definition) is 1. The maximum atomic E-state index is 11.5. The molecule has 1 atom stereocenters. The topological polar surface area (TPSA) is 41.6 Å². The summed E-state index contributed by atoms with van der Waals surface area (Å²) in [6, 6.07) is 0.0853. The highest BCUT2D eigenvalue weighted by atomic mass is 16.5. The fraction of sp³-hybridized carbons (Fsp3) is 0.909. The van der Waals surface area contributed by atoms with Crippen molar-refractivity contribution in [1.82, 2.24) is 10.2 Å². The maximum absolute atomic E-state index is 11.5. The molecule has 0 aliphatic carbocycles. The summed E-state index contributed by atoms with van der Waals surface area (Å²) in [7, 11) is 3.60. The third-order valence-electron chi connectivity index (χ3n) is 2.13. The van der Waals surface area contributed by atoms with Gasteiger partial charge in [-0.3, -0.25) is 9.69 Å². The molecule has 0 spiro atoms. The number of hydrogen-bond acceptors (Lipinski definition) is 3. The number of nitrogens with zero attached hydrogens (tertiary/aromatic N) is 1. The molecule has 0 saturated heterocycles. The van der Waals surface area contributed by atoms with E-state index in [9.17, 15) is 4.79 Å². The lowest BCUT2D eigenvalue weighted by Crippen LogP contribution is -2.41. The van der Waals surface area contributed by atoms with Gasteiger partial charge in [-0.15, -0.1) is 0 Å². The summed E-state index contributed by atoms with van der Waals surface area (Å²) in [6.07, 6.45) is 2.30. The summed E-state index contributed by atoms with van der Waals surface area (Å²) in [5, 5.41) is 2.88. The quantitative estimate of drug-likeness (QED) is 0.654. The Hall–Kier alpha value is -0.610. The molecule has 0 bridgehead atoms. The van der Waals surface area contributed by atoms with Crippen LogP contribution in [0.25, 0.3) is 0 Å². The summed E-state index contributed by atoms with van der Waals surface area (Å²) in [6.45, 7) is 6.09. The normalized spacial score (nSPS) is 12.9. The molecule has 0 aromatic heterocycles. The smallest absolute Gasteiger partial charge is 0.234 e. The number of amides is 1. The second-order valence-electron chi connectivity index (χ2n) is 4.02. The highest BCUT2D eigenvalue weighted by Gasteiger charge is 2.08. The van der Waals surface area contributed by atoms with Gasteiger partial charge in [0.2, 0.25) is 5.91 Å². The first-order chi connectivity index (χ1) is 7.10. The van der Waals surface area contributed by atoms with Gasteiger partial charge in [-0.25, -0.2) is 0 Å². The molecule has 0 rings (SSSR count). The van der Waals surface area contributed by atoms with Crippen molar-refractivity contribution in [2.45, 2.75) is 32.7 Å². The highest BCUT2D eigenvalue weighted by Crippen LogP contribution is 1.91. The number of methoxy groups -OCH3 is 1. The molecule has 1 N–H and O–H groups in total. The number of ether oxygens (including phenoxy) is 1. The van der Waals surface area contributed by atoms with E-state index in [0.717, 1.165) is 19.4 Å². The van der Waals surface area contributed by atoms with Gasteiger partial charge in [-0.1, -0.05) is 13.3 Å². The van der Waals surface area contributed by atoms with E-state index in [0.29, 0.717) is 13.2 Å². The van der Waals surface area contributed by atoms with Gasteiger partial charge in [0.1, 0.15) is 0 Å². The van der Waals surface area contributed by atoms with E-state index in [1.165, 1.54) is 0 Å². The number of carbonyl (C=O) groups is 1. The molecule has 15 heavy (non-hydrogen) atoms. The minimum absolute atomic E-state index is 0.0677. The largest absolute Gasteiger partial charge is 0.383 e. The van der Waals surface area contributed by atoms with Crippen LogP contribution >= 0.6 is 0 Å². The lowest BCUT2D eigenvalue weighted by molar-refractivity contribution is -0.122. The number of likely N-dealkylation sites (N-methyl/N-ethyl adjacent to an activating group) is 1. The molecule has 0 radical (unpaired) electrons. The Morgan fingerprint density at radius 2 is 2.20 bits per heavy atom. The van der Waals surface area contributed by atoms with Gasteiger partial charge in [-0.05, 0) is 26.9 Å². The van der Waals surface area contributed by atoms with Crippen LogP contribution in [0.5, 0.6) is 0 Å². The molecule has 1 amide bonds. The summed E-state index contributed by atoms with van der Waals surface area (Å²) in [4.78, 5) is 13.5. The molecule has 0 heterocycles. The zero-order chi connectivity index (χ0) is 11.7. The average Bonchev–Trinajstić information content (AvgIpc) is 2.14. The summed E-state index contributed by atoms with van der Waals surface area (Å²) < 4.78 is 4.95. The monoisotopic (exact) mass is 216 g/mol. The lowest BCUT2D eigenvalue weighted by atomic mass is 10.3. The number of unbranched alkanes of at least 4 members (excludes halogenated alkanes) is 1. The van der Waals surface area contributed by atoms with Crippen molar-refractivity contribution in [3.8, 4) is 0 Å². The SMILES string of the molecule is CCCCN(C)CC(=O)NC(C)COC. The minimum Gasteiger partial charge on any atom is -0.383 e. The molecule has 4 heteroatoms. The van der Waals surface area contributed by atoms with Crippen LogP contribution in [0.2, 0.25) is 0 Å². The van der Waals surface area contributed by atoms with Gasteiger partial charge in [0, 0.05) is 13.2 Å². The maximum Gasteiger partial charge on any atom is 0.234 e. The Balaban J connectivity index is 3.63. The third-order valence-corrected chi connectivity index (χ3v) is 2.13. The van der Waals surface area contributed by atoms with Gasteiger partial charge >= 0.3 is 0 Å². The molecule has 0 saturated carbocycles. The molecular formula is C11H24N2O2. The van der Waals surface area contributed by atoms with Gasteiger partial charge in [-0.2, -0.15) is 0 Å². The Labute approximate surface area is 93.0 Å². The Kier molecular flexibility index (Phi) is 8.33. The van der Waals surface area contributed by atoms with Crippen LogP contribution in [0.3, 0.4) is 0 Å². The standard InChI is InChI=1S/C11H24N2O2/c1-5-6-7-13(3)8-11(14)12-10(2)9-15-4/h10H,5-9H2,1-4H3,(H,12,14). The van der Waals surface area contributed by atoms with Crippen LogP contribution < -0.4 is 5.32 Å². The van der Waals surface area contributed by atoms with Crippen molar-refractivity contribution in [3.05, 3.63) is 0 Å². The molecule has 90 valence electrons. The highest BCUT2D eigenvalue weighted by molar-refractivity contribution is 5.78. The molecule has 0 aromatic rings. The molecule has 0 aliphatic rings. The molecule has 0 aliphatic heterocycles. The van der Waals surface area contributed by atoms with Crippen LogP contribution in [-0.2, 0) is 9.53 Å². The first kappa shape index (κ1) is 14.4. The summed E-state index contributed by atoms with van der Waals surface area (Å²) in [5.74, 6) is 0.0677. The van der Waals surface area contributed by atoms with Crippen molar-refractivity contribution in [2.75, 3.05) is 33.9 Å². The fourth-order valence-electron chi connectivity index (χ4n) is 1.36. The minimum atomic E-state index is 0.0677. The predicted octanol–water partition coefficient (Wildman–Crippen LogP) is 0.869. The summed E-state index contributed by atoms with van der Waals surface area (Å²) >= 11 is 0. The van der Waals surface area contributed by atoms with E-state index in [-0.39, 0.29) is 11.9 Å². The first-order valence-corrected chi connectivity index (χ1v) is 5.57. The zero-order valence-electron chi connectivity index (χ0n) is 10.4. The van der Waals surface area contributed by atoms with Crippen molar-refractivity contribution in [2.24, 2.45) is 0 Å². The van der Waals surface area contributed by atoms with Gasteiger partial charge < -0.3 is 10.1 Å². The molecule has 4 nitrogen and oxygen atoms in total. The average molecular weight is 216 g/mol. The fourth-order valence-corrected chi connectivity index (χ4v) is 1.36. The van der Waals surface area contributed by atoms with Gasteiger partial charge in [0.15, 0.2) is 0 Å². The molecule has 1 unspecified atom stereocenters. The van der Waals surface area contributed by atoms with Crippen LogP contribution in [0.15, 0.2) is 0 Å². The van der Waals surface area contributed by atoms with Crippen molar-refractivity contribution in [1.29, 1.82) is 0 Å². The molecule has 0 fully saturated rings.